The molecule has 1 aliphatic heterocycles. The fraction of sp³-hybridized carbons (Fsp3) is 0.278. The fourth-order valence-electron chi connectivity index (χ4n) is 3.19. The van der Waals surface area contributed by atoms with E-state index in [1.807, 2.05) is 23.1 Å². The average Bonchev–Trinajstić information content (AvgIpc) is 2.99. The van der Waals surface area contributed by atoms with Crippen LogP contribution in [0, 0.1) is 5.92 Å². The van der Waals surface area contributed by atoms with Crippen LogP contribution in [-0.4, -0.2) is 30.4 Å². The van der Waals surface area contributed by atoms with Crippen LogP contribution in [-0.2, 0) is 0 Å². The van der Waals surface area contributed by atoms with E-state index in [0.29, 0.717) is 30.2 Å². The molecular weight excluding hydrogens is 376 g/mol. The number of rotatable bonds is 3. The molecule has 1 aliphatic rings. The molecule has 2 aromatic rings. The Morgan fingerprint density at radius 3 is 2.61 bits per heavy atom. The Balaban J connectivity index is 1.83. The lowest BCUT2D eigenvalue weighted by atomic mass is 9.89. The minimum atomic E-state index is 0.0189. The number of hydrogen-bond acceptors (Lipinski definition) is 2. The summed E-state index contributed by atoms with van der Waals surface area (Å²) >= 11 is 9.39. The molecule has 1 amide bonds. The van der Waals surface area contributed by atoms with Crippen LogP contribution in [0.1, 0.15) is 21.8 Å². The van der Waals surface area contributed by atoms with Gasteiger partial charge in [0.2, 0.25) is 0 Å². The van der Waals surface area contributed by atoms with Crippen molar-refractivity contribution in [2.24, 2.45) is 11.7 Å². The summed E-state index contributed by atoms with van der Waals surface area (Å²) < 4.78 is 0.724. The van der Waals surface area contributed by atoms with Crippen LogP contribution in [0.3, 0.4) is 0 Å². The maximum atomic E-state index is 12.8. The minimum Gasteiger partial charge on any atom is -0.338 e. The number of benzene rings is 2. The van der Waals surface area contributed by atoms with Crippen molar-refractivity contribution in [3.63, 3.8) is 0 Å². The summed E-state index contributed by atoms with van der Waals surface area (Å²) in [5.74, 6) is 0.592. The summed E-state index contributed by atoms with van der Waals surface area (Å²) in [5, 5.41) is 0.608. The third-order valence-electron chi connectivity index (χ3n) is 4.42. The number of halogens is 2. The SMILES string of the molecule is NC[C@@H]1CN(C(=O)c2ccc(Cl)cc2Br)C[C@H]1c1ccccc1. The monoisotopic (exact) mass is 392 g/mol. The molecule has 1 heterocycles. The summed E-state index contributed by atoms with van der Waals surface area (Å²) in [6.07, 6.45) is 0. The van der Waals surface area contributed by atoms with Crippen LogP contribution in [0.5, 0.6) is 0 Å². The molecule has 120 valence electrons. The fourth-order valence-corrected chi connectivity index (χ4v) is 4.04. The van der Waals surface area contributed by atoms with Crippen molar-refractivity contribution in [3.8, 4) is 0 Å². The molecule has 23 heavy (non-hydrogen) atoms. The summed E-state index contributed by atoms with van der Waals surface area (Å²) in [6, 6.07) is 15.5. The van der Waals surface area contributed by atoms with Crippen LogP contribution < -0.4 is 5.73 Å². The molecule has 0 spiro atoms. The van der Waals surface area contributed by atoms with Gasteiger partial charge in [-0.3, -0.25) is 4.79 Å². The van der Waals surface area contributed by atoms with Crippen LogP contribution in [0.4, 0.5) is 0 Å². The van der Waals surface area contributed by atoms with E-state index in [4.69, 9.17) is 17.3 Å². The van der Waals surface area contributed by atoms with E-state index in [2.05, 4.69) is 28.1 Å². The lowest BCUT2D eigenvalue weighted by Crippen LogP contribution is -2.30. The maximum Gasteiger partial charge on any atom is 0.255 e. The predicted molar refractivity (Wildman–Crippen MR) is 96.8 cm³/mol. The van der Waals surface area contributed by atoms with E-state index >= 15 is 0 Å². The molecule has 0 aromatic heterocycles. The average molecular weight is 394 g/mol. The van der Waals surface area contributed by atoms with Crippen LogP contribution in [0.15, 0.2) is 53.0 Å². The number of carbonyl (C=O) groups is 1. The molecule has 0 unspecified atom stereocenters. The van der Waals surface area contributed by atoms with Crippen molar-refractivity contribution >= 4 is 33.4 Å². The van der Waals surface area contributed by atoms with Gasteiger partial charge in [0.1, 0.15) is 0 Å². The minimum absolute atomic E-state index is 0.0189. The molecule has 1 fully saturated rings. The van der Waals surface area contributed by atoms with Gasteiger partial charge in [-0.05, 0) is 52.2 Å². The zero-order chi connectivity index (χ0) is 16.4. The highest BCUT2D eigenvalue weighted by atomic mass is 79.9. The summed E-state index contributed by atoms with van der Waals surface area (Å²) in [7, 11) is 0. The second-order valence-electron chi connectivity index (χ2n) is 5.85. The molecule has 3 nitrogen and oxygen atoms in total. The van der Waals surface area contributed by atoms with Gasteiger partial charge in [-0.25, -0.2) is 0 Å². The molecule has 0 bridgehead atoms. The molecule has 2 atom stereocenters. The Kier molecular flexibility index (Phi) is 5.05. The smallest absolute Gasteiger partial charge is 0.255 e. The van der Waals surface area contributed by atoms with E-state index in [1.54, 1.807) is 18.2 Å². The van der Waals surface area contributed by atoms with E-state index in [1.165, 1.54) is 5.56 Å². The van der Waals surface area contributed by atoms with E-state index in [-0.39, 0.29) is 17.7 Å². The lowest BCUT2D eigenvalue weighted by Gasteiger charge is -2.17. The highest BCUT2D eigenvalue weighted by Crippen LogP contribution is 2.33. The number of amides is 1. The molecule has 5 heteroatoms. The predicted octanol–water partition coefficient (Wildman–Crippen LogP) is 3.92. The van der Waals surface area contributed by atoms with Crippen molar-refractivity contribution < 1.29 is 4.79 Å². The molecule has 0 radical (unpaired) electrons. The van der Waals surface area contributed by atoms with Gasteiger partial charge < -0.3 is 10.6 Å². The molecule has 2 aromatic carbocycles. The number of hydrogen-bond donors (Lipinski definition) is 1. The zero-order valence-electron chi connectivity index (χ0n) is 12.6. The van der Waals surface area contributed by atoms with Crippen molar-refractivity contribution in [1.29, 1.82) is 0 Å². The highest BCUT2D eigenvalue weighted by molar-refractivity contribution is 9.10. The van der Waals surface area contributed by atoms with Gasteiger partial charge in [0.15, 0.2) is 0 Å². The highest BCUT2D eigenvalue weighted by Gasteiger charge is 2.35. The van der Waals surface area contributed by atoms with E-state index in [9.17, 15) is 4.79 Å². The molecule has 0 aliphatic carbocycles. The number of nitrogens with two attached hydrogens (primary N) is 1. The van der Waals surface area contributed by atoms with Gasteiger partial charge in [-0.15, -0.1) is 0 Å². The van der Waals surface area contributed by atoms with Crippen molar-refractivity contribution in [2.45, 2.75) is 5.92 Å². The molecule has 1 saturated heterocycles. The van der Waals surface area contributed by atoms with E-state index < -0.39 is 0 Å². The van der Waals surface area contributed by atoms with Gasteiger partial charge in [0, 0.05) is 28.5 Å². The Morgan fingerprint density at radius 1 is 1.22 bits per heavy atom. The summed E-state index contributed by atoms with van der Waals surface area (Å²) in [4.78, 5) is 14.7. The number of carbonyl (C=O) groups excluding carboxylic acids is 1. The summed E-state index contributed by atoms with van der Waals surface area (Å²) in [5.41, 5.74) is 7.83. The topological polar surface area (TPSA) is 46.3 Å². The normalized spacial score (nSPS) is 20.7. The van der Waals surface area contributed by atoms with E-state index in [0.717, 1.165) is 4.47 Å². The van der Waals surface area contributed by atoms with Crippen LogP contribution >= 0.6 is 27.5 Å². The van der Waals surface area contributed by atoms with Crippen molar-refractivity contribution in [2.75, 3.05) is 19.6 Å². The number of likely N-dealkylation sites (tertiary alicyclic amines) is 1. The Hall–Kier alpha value is -1.36. The first kappa shape index (κ1) is 16.5. The third kappa shape index (κ3) is 3.44. The lowest BCUT2D eigenvalue weighted by molar-refractivity contribution is 0.0785. The molecular formula is C18H18BrClN2O. The quantitative estimate of drug-likeness (QED) is 0.859. The second kappa shape index (κ2) is 7.04. The largest absolute Gasteiger partial charge is 0.338 e. The zero-order valence-corrected chi connectivity index (χ0v) is 14.9. The van der Waals surface area contributed by atoms with Crippen molar-refractivity contribution in [3.05, 3.63) is 69.2 Å². The third-order valence-corrected chi connectivity index (χ3v) is 5.31. The molecule has 2 N–H and O–H groups in total. The van der Waals surface area contributed by atoms with Gasteiger partial charge in [-0.2, -0.15) is 0 Å². The Bertz CT molecular complexity index is 707. The first-order chi connectivity index (χ1) is 11.1. The van der Waals surface area contributed by atoms with Crippen LogP contribution in [0.2, 0.25) is 5.02 Å². The molecule has 3 rings (SSSR count). The Morgan fingerprint density at radius 2 is 1.96 bits per heavy atom. The standard InChI is InChI=1S/C18H18BrClN2O/c19-17-8-14(20)6-7-15(17)18(23)22-10-13(9-21)16(11-22)12-4-2-1-3-5-12/h1-8,13,16H,9-11,21H2/t13-,16+/m1/s1. The second-order valence-corrected chi connectivity index (χ2v) is 7.14. The Labute approximate surface area is 149 Å². The van der Waals surface area contributed by atoms with Crippen LogP contribution in [0.25, 0.3) is 0 Å². The number of nitrogens with zero attached hydrogens (tertiary/aromatic N) is 1. The molecule has 0 saturated carbocycles. The van der Waals surface area contributed by atoms with Gasteiger partial charge >= 0.3 is 0 Å². The maximum absolute atomic E-state index is 12.8. The van der Waals surface area contributed by atoms with Gasteiger partial charge in [-0.1, -0.05) is 41.9 Å². The van der Waals surface area contributed by atoms with Gasteiger partial charge in [0.05, 0.1) is 5.56 Å². The van der Waals surface area contributed by atoms with Crippen molar-refractivity contribution in [1.82, 2.24) is 4.90 Å². The first-order valence-corrected chi connectivity index (χ1v) is 8.76. The first-order valence-electron chi connectivity index (χ1n) is 7.59. The van der Waals surface area contributed by atoms with Gasteiger partial charge in [0.25, 0.3) is 5.91 Å². The summed E-state index contributed by atoms with van der Waals surface area (Å²) in [6.45, 7) is 1.95.